The quantitative estimate of drug-likeness (QED) is 0.799. The Morgan fingerprint density at radius 2 is 2.11 bits per heavy atom. The highest BCUT2D eigenvalue weighted by atomic mass is 32.2. The largest absolute Gasteiger partial charge is 0.477 e. The molecule has 1 aromatic heterocycles. The lowest BCUT2D eigenvalue weighted by Crippen LogP contribution is -1.97. The van der Waals surface area contributed by atoms with E-state index in [1.807, 2.05) is 24.3 Å². The Bertz CT molecular complexity index is 548. The van der Waals surface area contributed by atoms with Crippen molar-refractivity contribution in [3.8, 4) is 0 Å². The van der Waals surface area contributed by atoms with Gasteiger partial charge in [0.2, 0.25) is 0 Å². The second-order valence-corrected chi connectivity index (χ2v) is 6.00. The van der Waals surface area contributed by atoms with Gasteiger partial charge in [0.15, 0.2) is 0 Å². The number of hydrogen-bond acceptors (Lipinski definition) is 4. The van der Waals surface area contributed by atoms with Gasteiger partial charge >= 0.3 is 5.97 Å². The molecule has 3 nitrogen and oxygen atoms in total. The summed E-state index contributed by atoms with van der Waals surface area (Å²) < 4.78 is 1.02. The van der Waals surface area contributed by atoms with E-state index in [-0.39, 0.29) is 6.61 Å². The van der Waals surface area contributed by atoms with Gasteiger partial charge in [-0.1, -0.05) is 18.2 Å². The fraction of sp³-hybridized carbons (Fsp3) is 0.308. The van der Waals surface area contributed by atoms with Gasteiger partial charge in [0.1, 0.15) is 4.88 Å². The van der Waals surface area contributed by atoms with Gasteiger partial charge in [-0.15, -0.1) is 11.3 Å². The van der Waals surface area contributed by atoms with Crippen molar-refractivity contribution < 1.29 is 15.0 Å². The van der Waals surface area contributed by atoms with Crippen LogP contribution in [0, 0.1) is 0 Å². The van der Waals surface area contributed by atoms with E-state index in [2.05, 4.69) is 0 Å². The molecular formula is C13H14O3S2. The molecule has 1 aromatic carbocycles. The highest BCUT2D eigenvalue weighted by Crippen LogP contribution is 2.33. The van der Waals surface area contributed by atoms with E-state index in [4.69, 9.17) is 5.11 Å². The fourth-order valence-electron chi connectivity index (χ4n) is 1.76. The zero-order valence-corrected chi connectivity index (χ0v) is 11.4. The Morgan fingerprint density at radius 1 is 1.33 bits per heavy atom. The van der Waals surface area contributed by atoms with Crippen LogP contribution in [0.1, 0.15) is 21.7 Å². The van der Waals surface area contributed by atoms with E-state index in [0.29, 0.717) is 10.6 Å². The molecule has 0 aliphatic carbocycles. The second kappa shape index (κ2) is 6.22. The summed E-state index contributed by atoms with van der Waals surface area (Å²) in [6.45, 7) is 0.184. The molecule has 18 heavy (non-hydrogen) atoms. The van der Waals surface area contributed by atoms with Crippen molar-refractivity contribution in [2.45, 2.75) is 12.2 Å². The SMILES string of the molecule is O=C(O)c1sc2ccccc2c1CSCCCO. The number of thiophene rings is 1. The number of aliphatic hydroxyl groups is 1. The van der Waals surface area contributed by atoms with Crippen LogP contribution in [0.15, 0.2) is 24.3 Å². The summed E-state index contributed by atoms with van der Waals surface area (Å²) in [6, 6.07) is 7.78. The summed E-state index contributed by atoms with van der Waals surface area (Å²) in [7, 11) is 0. The van der Waals surface area contributed by atoms with Crippen molar-refractivity contribution in [1.82, 2.24) is 0 Å². The summed E-state index contributed by atoms with van der Waals surface area (Å²) in [6.07, 6.45) is 0.745. The number of aromatic carboxylic acids is 1. The van der Waals surface area contributed by atoms with E-state index in [9.17, 15) is 9.90 Å². The number of aliphatic hydroxyl groups excluding tert-OH is 1. The topological polar surface area (TPSA) is 57.5 Å². The van der Waals surface area contributed by atoms with E-state index in [0.717, 1.165) is 27.8 Å². The minimum atomic E-state index is -0.853. The molecule has 0 fully saturated rings. The van der Waals surface area contributed by atoms with Crippen molar-refractivity contribution in [2.24, 2.45) is 0 Å². The second-order valence-electron chi connectivity index (χ2n) is 3.84. The molecule has 96 valence electrons. The van der Waals surface area contributed by atoms with Crippen LogP contribution in [0.2, 0.25) is 0 Å². The van der Waals surface area contributed by atoms with Crippen LogP contribution in [-0.2, 0) is 5.75 Å². The average Bonchev–Trinajstić information content (AvgIpc) is 2.74. The smallest absolute Gasteiger partial charge is 0.346 e. The lowest BCUT2D eigenvalue weighted by Gasteiger charge is -2.01. The number of rotatable bonds is 6. The molecule has 0 aliphatic heterocycles. The summed E-state index contributed by atoms with van der Waals surface area (Å²) in [5, 5.41) is 19.0. The Kier molecular flexibility index (Phi) is 4.63. The number of thioether (sulfide) groups is 1. The van der Waals surface area contributed by atoms with Gasteiger partial charge in [-0.05, 0) is 29.2 Å². The van der Waals surface area contributed by atoms with Gasteiger partial charge < -0.3 is 10.2 Å². The molecule has 0 atom stereocenters. The third-order valence-electron chi connectivity index (χ3n) is 2.59. The standard InChI is InChI=1S/C13H14O3S2/c14-6-3-7-17-8-10-9-4-1-2-5-11(9)18-12(10)13(15)16/h1-2,4-5,14H,3,6-8H2,(H,15,16). The number of fused-ring (bicyclic) bond motifs is 1. The Morgan fingerprint density at radius 3 is 2.83 bits per heavy atom. The summed E-state index contributed by atoms with van der Waals surface area (Å²) in [5.74, 6) is 0.680. The predicted molar refractivity (Wildman–Crippen MR) is 76.6 cm³/mol. The van der Waals surface area contributed by atoms with E-state index in [1.54, 1.807) is 11.8 Å². The maximum atomic E-state index is 11.2. The van der Waals surface area contributed by atoms with Crippen molar-refractivity contribution in [3.63, 3.8) is 0 Å². The first kappa shape index (κ1) is 13.4. The molecule has 0 radical (unpaired) electrons. The Balaban J connectivity index is 2.27. The normalized spacial score (nSPS) is 10.9. The molecule has 0 bridgehead atoms. The molecule has 0 aliphatic rings. The van der Waals surface area contributed by atoms with Gasteiger partial charge in [0, 0.05) is 17.1 Å². The fourth-order valence-corrected chi connectivity index (χ4v) is 3.89. The lowest BCUT2D eigenvalue weighted by atomic mass is 10.1. The molecule has 2 rings (SSSR count). The number of carboxylic acid groups (broad SMARTS) is 1. The van der Waals surface area contributed by atoms with Gasteiger partial charge in [-0.3, -0.25) is 0 Å². The van der Waals surface area contributed by atoms with Crippen molar-refractivity contribution in [3.05, 3.63) is 34.7 Å². The van der Waals surface area contributed by atoms with Gasteiger partial charge in [-0.25, -0.2) is 4.79 Å². The van der Waals surface area contributed by atoms with Crippen LogP contribution < -0.4 is 0 Å². The van der Waals surface area contributed by atoms with Crippen molar-refractivity contribution in [1.29, 1.82) is 0 Å². The molecule has 0 saturated heterocycles. The van der Waals surface area contributed by atoms with Gasteiger partial charge in [-0.2, -0.15) is 11.8 Å². The zero-order valence-electron chi connectivity index (χ0n) is 9.76. The van der Waals surface area contributed by atoms with Crippen molar-refractivity contribution in [2.75, 3.05) is 12.4 Å². The Labute approximate surface area is 113 Å². The molecular weight excluding hydrogens is 268 g/mol. The van der Waals surface area contributed by atoms with Crippen LogP contribution in [0.3, 0.4) is 0 Å². The van der Waals surface area contributed by atoms with Crippen LogP contribution >= 0.6 is 23.1 Å². The molecule has 2 aromatic rings. The first-order valence-electron chi connectivity index (χ1n) is 5.66. The highest BCUT2D eigenvalue weighted by Gasteiger charge is 2.16. The van der Waals surface area contributed by atoms with Gasteiger partial charge in [0.05, 0.1) is 0 Å². The van der Waals surface area contributed by atoms with E-state index < -0.39 is 5.97 Å². The number of hydrogen-bond donors (Lipinski definition) is 2. The van der Waals surface area contributed by atoms with Crippen LogP contribution in [0.5, 0.6) is 0 Å². The molecule has 0 saturated carbocycles. The minimum Gasteiger partial charge on any atom is -0.477 e. The molecule has 0 amide bonds. The summed E-state index contributed by atoms with van der Waals surface area (Å²) in [4.78, 5) is 11.7. The van der Waals surface area contributed by atoms with Gasteiger partial charge in [0.25, 0.3) is 0 Å². The van der Waals surface area contributed by atoms with E-state index in [1.165, 1.54) is 11.3 Å². The van der Waals surface area contributed by atoms with E-state index >= 15 is 0 Å². The minimum absolute atomic E-state index is 0.184. The predicted octanol–water partition coefficient (Wildman–Crippen LogP) is 3.22. The molecule has 2 N–H and O–H groups in total. The molecule has 1 heterocycles. The third kappa shape index (κ3) is 2.85. The van der Waals surface area contributed by atoms with Crippen LogP contribution in [0.25, 0.3) is 10.1 Å². The first-order valence-corrected chi connectivity index (χ1v) is 7.63. The maximum absolute atomic E-state index is 11.2. The molecule has 0 unspecified atom stereocenters. The summed E-state index contributed by atoms with van der Waals surface area (Å²) in [5.41, 5.74) is 0.908. The maximum Gasteiger partial charge on any atom is 0.346 e. The molecule has 5 heteroatoms. The third-order valence-corrected chi connectivity index (χ3v) is 4.86. The first-order chi connectivity index (χ1) is 8.74. The van der Waals surface area contributed by atoms with Crippen LogP contribution in [0.4, 0.5) is 0 Å². The molecule has 0 spiro atoms. The monoisotopic (exact) mass is 282 g/mol. The number of carbonyl (C=O) groups is 1. The zero-order chi connectivity index (χ0) is 13.0. The lowest BCUT2D eigenvalue weighted by molar-refractivity contribution is 0.0701. The van der Waals surface area contributed by atoms with Crippen molar-refractivity contribution >= 4 is 39.2 Å². The number of benzene rings is 1. The highest BCUT2D eigenvalue weighted by molar-refractivity contribution is 7.98. The average molecular weight is 282 g/mol. The van der Waals surface area contributed by atoms with Crippen LogP contribution in [-0.4, -0.2) is 28.5 Å². The Hall–Kier alpha value is -1.04. The summed E-state index contributed by atoms with van der Waals surface area (Å²) >= 11 is 3.00. The number of carboxylic acids is 1.